The number of hydrogen-bond acceptors (Lipinski definition) is 5. The SMILES string of the molecule is CCC(O)CNS(=O)(=O)c1ccc(N)nc1. The zero-order valence-electron chi connectivity index (χ0n) is 8.92. The third-order valence-corrected chi connectivity index (χ3v) is 3.46. The molecule has 0 spiro atoms. The van der Waals surface area contributed by atoms with Gasteiger partial charge in [0.2, 0.25) is 10.0 Å². The van der Waals surface area contributed by atoms with Crippen LogP contribution in [0.5, 0.6) is 0 Å². The molecule has 0 bridgehead atoms. The summed E-state index contributed by atoms with van der Waals surface area (Å²) in [6.07, 6.45) is 0.981. The lowest BCUT2D eigenvalue weighted by molar-refractivity contribution is 0.174. The number of rotatable bonds is 5. The third-order valence-electron chi connectivity index (χ3n) is 2.05. The van der Waals surface area contributed by atoms with Gasteiger partial charge in [0.15, 0.2) is 0 Å². The Morgan fingerprint density at radius 1 is 1.56 bits per heavy atom. The van der Waals surface area contributed by atoms with Crippen molar-refractivity contribution in [2.24, 2.45) is 0 Å². The maximum atomic E-state index is 11.7. The predicted octanol–water partition coefficient (Wildman–Crippen LogP) is -0.287. The summed E-state index contributed by atoms with van der Waals surface area (Å²) in [5.74, 6) is 0.257. The predicted molar refractivity (Wildman–Crippen MR) is 60.1 cm³/mol. The number of aliphatic hydroxyl groups excluding tert-OH is 1. The van der Waals surface area contributed by atoms with E-state index in [2.05, 4.69) is 9.71 Å². The minimum absolute atomic E-state index is 0.0107. The van der Waals surface area contributed by atoms with Crippen LogP contribution < -0.4 is 10.5 Å². The highest BCUT2D eigenvalue weighted by molar-refractivity contribution is 7.89. The van der Waals surface area contributed by atoms with Crippen molar-refractivity contribution >= 4 is 15.8 Å². The second-order valence-corrected chi connectivity index (χ2v) is 5.10. The number of pyridine rings is 1. The van der Waals surface area contributed by atoms with Crippen molar-refractivity contribution in [2.75, 3.05) is 12.3 Å². The van der Waals surface area contributed by atoms with Crippen molar-refractivity contribution in [3.05, 3.63) is 18.3 Å². The van der Waals surface area contributed by atoms with Gasteiger partial charge < -0.3 is 10.8 Å². The number of sulfonamides is 1. The highest BCUT2D eigenvalue weighted by atomic mass is 32.2. The van der Waals surface area contributed by atoms with Gasteiger partial charge in [0.1, 0.15) is 10.7 Å². The lowest BCUT2D eigenvalue weighted by Gasteiger charge is -2.09. The largest absolute Gasteiger partial charge is 0.392 e. The number of nitrogens with zero attached hydrogens (tertiary/aromatic N) is 1. The van der Waals surface area contributed by atoms with E-state index in [4.69, 9.17) is 5.73 Å². The molecule has 1 heterocycles. The number of nitrogens with one attached hydrogen (secondary N) is 1. The Morgan fingerprint density at radius 2 is 2.25 bits per heavy atom. The molecule has 7 heteroatoms. The highest BCUT2D eigenvalue weighted by Gasteiger charge is 2.15. The molecule has 4 N–H and O–H groups in total. The van der Waals surface area contributed by atoms with E-state index in [-0.39, 0.29) is 17.3 Å². The topological polar surface area (TPSA) is 105 Å². The molecule has 6 nitrogen and oxygen atoms in total. The van der Waals surface area contributed by atoms with Crippen LogP contribution in [0.15, 0.2) is 23.2 Å². The Kier molecular flexibility index (Phi) is 4.22. The van der Waals surface area contributed by atoms with Gasteiger partial charge in [-0.15, -0.1) is 0 Å². The molecule has 1 rings (SSSR count). The van der Waals surface area contributed by atoms with Crippen LogP contribution in [0.3, 0.4) is 0 Å². The van der Waals surface area contributed by atoms with Crippen molar-refractivity contribution in [3.8, 4) is 0 Å². The maximum Gasteiger partial charge on any atom is 0.242 e. The van der Waals surface area contributed by atoms with Crippen LogP contribution in [0.25, 0.3) is 0 Å². The summed E-state index contributed by atoms with van der Waals surface area (Å²) < 4.78 is 25.6. The van der Waals surface area contributed by atoms with Crippen molar-refractivity contribution in [3.63, 3.8) is 0 Å². The first kappa shape index (κ1) is 12.9. The van der Waals surface area contributed by atoms with E-state index in [0.717, 1.165) is 0 Å². The number of aliphatic hydroxyl groups is 1. The molecule has 0 amide bonds. The molecular formula is C9H15N3O3S. The van der Waals surface area contributed by atoms with Gasteiger partial charge in [-0.2, -0.15) is 0 Å². The smallest absolute Gasteiger partial charge is 0.242 e. The Hall–Kier alpha value is -1.18. The van der Waals surface area contributed by atoms with E-state index in [1.807, 2.05) is 0 Å². The average molecular weight is 245 g/mol. The van der Waals surface area contributed by atoms with Gasteiger partial charge in [0, 0.05) is 12.7 Å². The summed E-state index contributed by atoms with van der Waals surface area (Å²) in [7, 11) is -3.61. The first-order valence-corrected chi connectivity index (χ1v) is 6.33. The van der Waals surface area contributed by atoms with Crippen LogP contribution in [-0.4, -0.2) is 31.2 Å². The molecule has 0 aliphatic carbocycles. The van der Waals surface area contributed by atoms with Crippen molar-refractivity contribution in [1.29, 1.82) is 0 Å². The van der Waals surface area contributed by atoms with Crippen molar-refractivity contribution in [2.45, 2.75) is 24.3 Å². The summed E-state index contributed by atoms with van der Waals surface area (Å²) in [6.45, 7) is 1.76. The van der Waals surface area contributed by atoms with Crippen LogP contribution in [0, 0.1) is 0 Å². The van der Waals surface area contributed by atoms with E-state index < -0.39 is 16.1 Å². The van der Waals surface area contributed by atoms with Gasteiger partial charge in [0.05, 0.1) is 6.10 Å². The second kappa shape index (κ2) is 5.24. The fourth-order valence-corrected chi connectivity index (χ4v) is 2.00. The number of hydrogen-bond donors (Lipinski definition) is 3. The molecule has 0 aliphatic rings. The Balaban J connectivity index is 2.74. The Morgan fingerprint density at radius 3 is 2.75 bits per heavy atom. The minimum atomic E-state index is -3.61. The quantitative estimate of drug-likeness (QED) is 0.661. The zero-order chi connectivity index (χ0) is 12.2. The molecule has 1 aromatic rings. The number of anilines is 1. The number of nitrogen functional groups attached to an aromatic ring is 1. The molecule has 1 aromatic heterocycles. The molecule has 0 saturated heterocycles. The van der Waals surface area contributed by atoms with Crippen LogP contribution in [0.1, 0.15) is 13.3 Å². The van der Waals surface area contributed by atoms with Crippen molar-refractivity contribution in [1.82, 2.24) is 9.71 Å². The van der Waals surface area contributed by atoms with E-state index in [0.29, 0.717) is 6.42 Å². The summed E-state index contributed by atoms with van der Waals surface area (Å²) in [6, 6.07) is 2.77. The van der Waals surface area contributed by atoms with Crippen molar-refractivity contribution < 1.29 is 13.5 Å². The Labute approximate surface area is 94.6 Å². The average Bonchev–Trinajstić information content (AvgIpc) is 2.26. The fourth-order valence-electron chi connectivity index (χ4n) is 0.984. The lowest BCUT2D eigenvalue weighted by Crippen LogP contribution is -2.31. The summed E-state index contributed by atoms with van der Waals surface area (Å²) in [4.78, 5) is 3.72. The van der Waals surface area contributed by atoms with E-state index in [1.54, 1.807) is 6.92 Å². The molecular weight excluding hydrogens is 230 g/mol. The van der Waals surface area contributed by atoms with Gasteiger partial charge in [-0.05, 0) is 18.6 Å². The standard InChI is InChI=1S/C9H15N3O3S/c1-2-7(13)5-12-16(14,15)8-3-4-9(10)11-6-8/h3-4,6-7,12-13H,2,5H2,1H3,(H2,10,11). The minimum Gasteiger partial charge on any atom is -0.392 e. The van der Waals surface area contributed by atoms with Crippen LogP contribution in [0.2, 0.25) is 0 Å². The van der Waals surface area contributed by atoms with Gasteiger partial charge in [0.25, 0.3) is 0 Å². The molecule has 16 heavy (non-hydrogen) atoms. The molecule has 0 radical (unpaired) electrons. The van der Waals surface area contributed by atoms with Gasteiger partial charge >= 0.3 is 0 Å². The second-order valence-electron chi connectivity index (χ2n) is 3.33. The van der Waals surface area contributed by atoms with E-state index in [1.165, 1.54) is 18.3 Å². The van der Waals surface area contributed by atoms with Crippen LogP contribution >= 0.6 is 0 Å². The Bertz CT molecular complexity index is 430. The monoisotopic (exact) mass is 245 g/mol. The molecule has 90 valence electrons. The fraction of sp³-hybridized carbons (Fsp3) is 0.444. The molecule has 0 saturated carbocycles. The van der Waals surface area contributed by atoms with Gasteiger partial charge in [-0.1, -0.05) is 6.92 Å². The molecule has 0 aromatic carbocycles. The summed E-state index contributed by atoms with van der Waals surface area (Å²) >= 11 is 0. The normalized spacial score (nSPS) is 13.6. The van der Waals surface area contributed by atoms with Gasteiger partial charge in [-0.3, -0.25) is 0 Å². The number of aromatic nitrogens is 1. The summed E-state index contributed by atoms with van der Waals surface area (Å²) in [5.41, 5.74) is 5.35. The van der Waals surface area contributed by atoms with Crippen LogP contribution in [-0.2, 0) is 10.0 Å². The first-order chi connectivity index (χ1) is 7.45. The van der Waals surface area contributed by atoms with E-state index >= 15 is 0 Å². The van der Waals surface area contributed by atoms with Crippen LogP contribution in [0.4, 0.5) is 5.82 Å². The molecule has 1 atom stereocenters. The lowest BCUT2D eigenvalue weighted by atomic mass is 10.3. The molecule has 1 unspecified atom stereocenters. The summed E-state index contributed by atoms with van der Waals surface area (Å²) in [5, 5.41) is 9.25. The molecule has 0 fully saturated rings. The zero-order valence-corrected chi connectivity index (χ0v) is 9.74. The highest BCUT2D eigenvalue weighted by Crippen LogP contribution is 2.08. The first-order valence-electron chi connectivity index (χ1n) is 4.85. The number of nitrogens with two attached hydrogens (primary N) is 1. The van der Waals surface area contributed by atoms with Gasteiger partial charge in [-0.25, -0.2) is 18.1 Å². The van der Waals surface area contributed by atoms with E-state index in [9.17, 15) is 13.5 Å². The third kappa shape index (κ3) is 3.44. The maximum absolute atomic E-state index is 11.7. The molecule has 0 aliphatic heterocycles.